The van der Waals surface area contributed by atoms with Crippen molar-refractivity contribution in [1.29, 1.82) is 0 Å². The Morgan fingerprint density at radius 1 is 1.50 bits per heavy atom. The van der Waals surface area contributed by atoms with E-state index in [1.165, 1.54) is 0 Å². The number of likely N-dealkylation sites (N-methyl/N-ethyl adjacent to an activating group) is 1. The van der Waals surface area contributed by atoms with Gasteiger partial charge in [-0.2, -0.15) is 0 Å². The van der Waals surface area contributed by atoms with E-state index < -0.39 is 0 Å². The standard InChI is InChI=1S/C11H23N3OS/c1-10(9-11(12)16)13(2)3-4-14-5-7-15-8-6-14/h10H,3-9H2,1-2H3,(H2,12,16). The van der Waals surface area contributed by atoms with E-state index in [0.29, 0.717) is 11.0 Å². The Hall–Kier alpha value is -0.230. The average Bonchev–Trinajstić information content (AvgIpc) is 2.26. The fourth-order valence-electron chi connectivity index (χ4n) is 1.79. The molecule has 1 fully saturated rings. The summed E-state index contributed by atoms with van der Waals surface area (Å²) in [6.45, 7) is 8.16. The highest BCUT2D eigenvalue weighted by Gasteiger charge is 2.14. The molecule has 0 aromatic carbocycles. The summed E-state index contributed by atoms with van der Waals surface area (Å²) in [4.78, 5) is 5.35. The lowest BCUT2D eigenvalue weighted by Crippen LogP contribution is -2.43. The number of rotatable bonds is 6. The van der Waals surface area contributed by atoms with Gasteiger partial charge in [0.1, 0.15) is 0 Å². The summed E-state index contributed by atoms with van der Waals surface area (Å²) in [5.74, 6) is 0. The zero-order valence-electron chi connectivity index (χ0n) is 10.3. The minimum atomic E-state index is 0.429. The van der Waals surface area contributed by atoms with Crippen molar-refractivity contribution in [3.05, 3.63) is 0 Å². The topological polar surface area (TPSA) is 41.7 Å². The second-order valence-corrected chi connectivity index (χ2v) is 4.98. The third-order valence-electron chi connectivity index (χ3n) is 3.12. The minimum absolute atomic E-state index is 0.429. The summed E-state index contributed by atoms with van der Waals surface area (Å²) in [6, 6.07) is 0.429. The Balaban J connectivity index is 2.17. The van der Waals surface area contributed by atoms with Crippen molar-refractivity contribution < 1.29 is 4.74 Å². The zero-order chi connectivity index (χ0) is 12.0. The number of nitrogens with zero attached hydrogens (tertiary/aromatic N) is 2. The first kappa shape index (κ1) is 13.8. The Labute approximate surface area is 104 Å². The lowest BCUT2D eigenvalue weighted by molar-refractivity contribution is 0.0331. The molecule has 0 radical (unpaired) electrons. The molecule has 1 rings (SSSR count). The van der Waals surface area contributed by atoms with Crippen LogP contribution in [0.3, 0.4) is 0 Å². The number of hydrogen-bond donors (Lipinski definition) is 1. The van der Waals surface area contributed by atoms with Gasteiger partial charge in [0.25, 0.3) is 0 Å². The third-order valence-corrected chi connectivity index (χ3v) is 3.29. The highest BCUT2D eigenvalue weighted by Crippen LogP contribution is 2.02. The Morgan fingerprint density at radius 2 is 2.12 bits per heavy atom. The van der Waals surface area contributed by atoms with Crippen molar-refractivity contribution in [2.45, 2.75) is 19.4 Å². The highest BCUT2D eigenvalue weighted by molar-refractivity contribution is 7.80. The van der Waals surface area contributed by atoms with Crippen LogP contribution in [0.15, 0.2) is 0 Å². The van der Waals surface area contributed by atoms with E-state index in [1.807, 2.05) is 0 Å². The molecule has 0 bridgehead atoms. The van der Waals surface area contributed by atoms with Crippen LogP contribution in [0.25, 0.3) is 0 Å². The molecule has 5 heteroatoms. The first-order chi connectivity index (χ1) is 7.59. The monoisotopic (exact) mass is 245 g/mol. The molecule has 94 valence electrons. The van der Waals surface area contributed by atoms with Gasteiger partial charge in [-0.15, -0.1) is 0 Å². The van der Waals surface area contributed by atoms with Crippen molar-refractivity contribution in [2.75, 3.05) is 46.4 Å². The minimum Gasteiger partial charge on any atom is -0.393 e. The molecule has 0 aliphatic carbocycles. The molecular weight excluding hydrogens is 222 g/mol. The molecule has 0 aromatic heterocycles. The molecule has 1 aliphatic rings. The second kappa shape index (κ2) is 7.17. The van der Waals surface area contributed by atoms with E-state index in [-0.39, 0.29) is 0 Å². The van der Waals surface area contributed by atoms with Crippen molar-refractivity contribution >= 4 is 17.2 Å². The Bertz CT molecular complexity index is 219. The van der Waals surface area contributed by atoms with Crippen LogP contribution < -0.4 is 5.73 Å². The first-order valence-corrected chi connectivity index (χ1v) is 6.29. The Morgan fingerprint density at radius 3 is 2.69 bits per heavy atom. The van der Waals surface area contributed by atoms with Gasteiger partial charge < -0.3 is 15.4 Å². The molecule has 0 amide bonds. The van der Waals surface area contributed by atoms with Crippen molar-refractivity contribution in [3.8, 4) is 0 Å². The number of thiocarbonyl (C=S) groups is 1. The average molecular weight is 245 g/mol. The maximum absolute atomic E-state index is 5.55. The maximum Gasteiger partial charge on any atom is 0.0742 e. The van der Waals surface area contributed by atoms with Gasteiger partial charge in [-0.3, -0.25) is 4.90 Å². The SMILES string of the molecule is CC(CC(N)=S)N(C)CCN1CCOCC1. The van der Waals surface area contributed by atoms with E-state index >= 15 is 0 Å². The molecule has 1 atom stereocenters. The molecule has 4 nitrogen and oxygen atoms in total. The molecule has 1 saturated heterocycles. The molecular formula is C11H23N3OS. The summed E-state index contributed by atoms with van der Waals surface area (Å²) < 4.78 is 5.32. The van der Waals surface area contributed by atoms with Crippen LogP contribution in [-0.4, -0.2) is 67.3 Å². The summed E-state index contributed by atoms with van der Waals surface area (Å²) in [6.07, 6.45) is 0.801. The van der Waals surface area contributed by atoms with Gasteiger partial charge in [0.15, 0.2) is 0 Å². The van der Waals surface area contributed by atoms with Crippen LogP contribution in [0.4, 0.5) is 0 Å². The maximum atomic E-state index is 5.55. The van der Waals surface area contributed by atoms with Crippen LogP contribution in [-0.2, 0) is 4.74 Å². The van der Waals surface area contributed by atoms with Gasteiger partial charge >= 0.3 is 0 Å². The molecule has 16 heavy (non-hydrogen) atoms. The molecule has 1 heterocycles. The van der Waals surface area contributed by atoms with Gasteiger partial charge in [0.2, 0.25) is 0 Å². The lowest BCUT2D eigenvalue weighted by atomic mass is 10.2. The summed E-state index contributed by atoms with van der Waals surface area (Å²) in [5, 5.41) is 0. The van der Waals surface area contributed by atoms with Crippen LogP contribution in [0.2, 0.25) is 0 Å². The van der Waals surface area contributed by atoms with Gasteiger partial charge in [-0.1, -0.05) is 12.2 Å². The normalized spacial score (nSPS) is 19.9. The van der Waals surface area contributed by atoms with Crippen LogP contribution >= 0.6 is 12.2 Å². The lowest BCUT2D eigenvalue weighted by Gasteiger charge is -2.30. The van der Waals surface area contributed by atoms with Gasteiger partial charge in [-0.25, -0.2) is 0 Å². The van der Waals surface area contributed by atoms with E-state index in [2.05, 4.69) is 23.8 Å². The highest BCUT2D eigenvalue weighted by atomic mass is 32.1. The predicted molar refractivity (Wildman–Crippen MR) is 70.8 cm³/mol. The van der Waals surface area contributed by atoms with Crippen molar-refractivity contribution in [2.24, 2.45) is 5.73 Å². The van der Waals surface area contributed by atoms with E-state index in [0.717, 1.165) is 45.8 Å². The molecule has 0 aromatic rings. The zero-order valence-corrected chi connectivity index (χ0v) is 11.1. The van der Waals surface area contributed by atoms with Gasteiger partial charge in [-0.05, 0) is 14.0 Å². The molecule has 1 aliphatic heterocycles. The smallest absolute Gasteiger partial charge is 0.0742 e. The van der Waals surface area contributed by atoms with Crippen LogP contribution in [0.1, 0.15) is 13.3 Å². The van der Waals surface area contributed by atoms with Crippen LogP contribution in [0.5, 0.6) is 0 Å². The van der Waals surface area contributed by atoms with E-state index in [1.54, 1.807) is 0 Å². The molecule has 1 unspecified atom stereocenters. The summed E-state index contributed by atoms with van der Waals surface area (Å²) >= 11 is 4.92. The van der Waals surface area contributed by atoms with E-state index in [9.17, 15) is 0 Å². The molecule has 2 N–H and O–H groups in total. The van der Waals surface area contributed by atoms with E-state index in [4.69, 9.17) is 22.7 Å². The van der Waals surface area contributed by atoms with Gasteiger partial charge in [0, 0.05) is 38.6 Å². The number of nitrogens with two attached hydrogens (primary N) is 1. The predicted octanol–water partition coefficient (Wildman–Crippen LogP) is 0.315. The molecule has 0 saturated carbocycles. The second-order valence-electron chi connectivity index (χ2n) is 4.45. The van der Waals surface area contributed by atoms with Crippen molar-refractivity contribution in [1.82, 2.24) is 9.80 Å². The third kappa shape index (κ3) is 5.21. The fourth-order valence-corrected chi connectivity index (χ4v) is 2.03. The fraction of sp³-hybridized carbons (Fsp3) is 0.909. The van der Waals surface area contributed by atoms with Crippen molar-refractivity contribution in [3.63, 3.8) is 0 Å². The Kier molecular flexibility index (Phi) is 6.20. The number of hydrogen-bond acceptors (Lipinski definition) is 4. The number of morpholine rings is 1. The number of ether oxygens (including phenoxy) is 1. The van der Waals surface area contributed by atoms with Gasteiger partial charge in [0.05, 0.1) is 18.2 Å². The summed E-state index contributed by atoms with van der Waals surface area (Å²) in [5.41, 5.74) is 5.55. The first-order valence-electron chi connectivity index (χ1n) is 5.88. The summed E-state index contributed by atoms with van der Waals surface area (Å²) in [7, 11) is 2.13. The van der Waals surface area contributed by atoms with Crippen LogP contribution in [0, 0.1) is 0 Å². The largest absolute Gasteiger partial charge is 0.393 e. The quantitative estimate of drug-likeness (QED) is 0.682. The molecule has 0 spiro atoms.